The SMILES string of the molecule is C=CCC[C@H](N)CCCCC. The number of nitrogens with two attached hydrogens (primary N) is 1. The van der Waals surface area contributed by atoms with E-state index in [9.17, 15) is 0 Å². The topological polar surface area (TPSA) is 26.0 Å². The third-order valence-corrected chi connectivity index (χ3v) is 1.92. The van der Waals surface area contributed by atoms with Crippen molar-refractivity contribution in [1.29, 1.82) is 0 Å². The van der Waals surface area contributed by atoms with Gasteiger partial charge in [0.05, 0.1) is 0 Å². The van der Waals surface area contributed by atoms with Gasteiger partial charge in [-0.3, -0.25) is 0 Å². The molecule has 0 aliphatic carbocycles. The van der Waals surface area contributed by atoms with Crippen LogP contribution >= 0.6 is 0 Å². The molecule has 0 amide bonds. The predicted octanol–water partition coefficient (Wildman–Crippen LogP) is 2.86. The van der Waals surface area contributed by atoms with Crippen LogP contribution < -0.4 is 5.73 Å². The predicted molar refractivity (Wildman–Crippen MR) is 51.5 cm³/mol. The van der Waals surface area contributed by atoms with Crippen LogP contribution in [0.25, 0.3) is 0 Å². The first-order chi connectivity index (χ1) is 5.31. The van der Waals surface area contributed by atoms with Crippen molar-refractivity contribution in [3.63, 3.8) is 0 Å². The largest absolute Gasteiger partial charge is 0.328 e. The maximum atomic E-state index is 5.85. The lowest BCUT2D eigenvalue weighted by Crippen LogP contribution is -2.18. The van der Waals surface area contributed by atoms with Crippen LogP contribution in [0.3, 0.4) is 0 Å². The molecule has 0 radical (unpaired) electrons. The van der Waals surface area contributed by atoms with Gasteiger partial charge in [0.2, 0.25) is 0 Å². The molecule has 66 valence electrons. The molecular formula is C10H21N. The van der Waals surface area contributed by atoms with Crippen LogP contribution in [0.2, 0.25) is 0 Å². The van der Waals surface area contributed by atoms with Gasteiger partial charge < -0.3 is 5.73 Å². The van der Waals surface area contributed by atoms with Gasteiger partial charge in [-0.25, -0.2) is 0 Å². The van der Waals surface area contributed by atoms with E-state index >= 15 is 0 Å². The van der Waals surface area contributed by atoms with E-state index in [-0.39, 0.29) is 0 Å². The normalized spacial score (nSPS) is 12.9. The molecule has 1 heteroatoms. The van der Waals surface area contributed by atoms with Crippen LogP contribution in [0.1, 0.15) is 45.4 Å². The fourth-order valence-corrected chi connectivity index (χ4v) is 1.13. The zero-order valence-corrected chi connectivity index (χ0v) is 7.68. The standard InChI is InChI=1S/C10H21N/c1-3-5-7-9-10(11)8-6-4-2/h4,10H,2-3,5-9,11H2,1H3/t10-/m0/s1. The maximum absolute atomic E-state index is 5.85. The van der Waals surface area contributed by atoms with Gasteiger partial charge in [0.15, 0.2) is 0 Å². The monoisotopic (exact) mass is 155 g/mol. The summed E-state index contributed by atoms with van der Waals surface area (Å²) in [6.45, 7) is 5.89. The van der Waals surface area contributed by atoms with Gasteiger partial charge in [-0.1, -0.05) is 32.3 Å². The Bertz CT molecular complexity index is 88.9. The summed E-state index contributed by atoms with van der Waals surface area (Å²) < 4.78 is 0. The molecule has 1 nitrogen and oxygen atoms in total. The third kappa shape index (κ3) is 7.60. The molecule has 0 heterocycles. The van der Waals surface area contributed by atoms with Crippen LogP contribution in [-0.2, 0) is 0 Å². The zero-order valence-electron chi connectivity index (χ0n) is 7.68. The first-order valence-electron chi connectivity index (χ1n) is 4.67. The Balaban J connectivity index is 3.08. The van der Waals surface area contributed by atoms with Gasteiger partial charge in [-0.2, -0.15) is 0 Å². The van der Waals surface area contributed by atoms with Crippen molar-refractivity contribution in [1.82, 2.24) is 0 Å². The smallest absolute Gasteiger partial charge is 0.00417 e. The first kappa shape index (κ1) is 10.7. The van der Waals surface area contributed by atoms with Gasteiger partial charge in [0.25, 0.3) is 0 Å². The van der Waals surface area contributed by atoms with Crippen molar-refractivity contribution in [2.75, 3.05) is 0 Å². The minimum absolute atomic E-state index is 0.402. The first-order valence-corrected chi connectivity index (χ1v) is 4.67. The van der Waals surface area contributed by atoms with Crippen molar-refractivity contribution < 1.29 is 0 Å². The Labute approximate surface area is 70.7 Å². The second kappa shape index (κ2) is 7.80. The highest BCUT2D eigenvalue weighted by Gasteiger charge is 1.99. The highest BCUT2D eigenvalue weighted by molar-refractivity contribution is 4.71. The van der Waals surface area contributed by atoms with Crippen LogP contribution in [0.5, 0.6) is 0 Å². The third-order valence-electron chi connectivity index (χ3n) is 1.92. The Morgan fingerprint density at radius 1 is 1.36 bits per heavy atom. The average Bonchev–Trinajstić information content (AvgIpc) is 2.01. The van der Waals surface area contributed by atoms with Gasteiger partial charge in [0.1, 0.15) is 0 Å². The van der Waals surface area contributed by atoms with Crippen LogP contribution in [-0.4, -0.2) is 6.04 Å². The van der Waals surface area contributed by atoms with E-state index in [1.54, 1.807) is 0 Å². The van der Waals surface area contributed by atoms with Crippen molar-refractivity contribution in [2.45, 2.75) is 51.5 Å². The van der Waals surface area contributed by atoms with Crippen LogP contribution in [0.15, 0.2) is 12.7 Å². The summed E-state index contributed by atoms with van der Waals surface area (Å²) >= 11 is 0. The fourth-order valence-electron chi connectivity index (χ4n) is 1.13. The number of allylic oxidation sites excluding steroid dienone is 1. The molecule has 0 saturated heterocycles. The molecule has 2 N–H and O–H groups in total. The minimum atomic E-state index is 0.402. The quantitative estimate of drug-likeness (QED) is 0.444. The second-order valence-electron chi connectivity index (χ2n) is 3.12. The molecule has 0 bridgehead atoms. The number of unbranched alkanes of at least 4 members (excludes halogenated alkanes) is 2. The van der Waals surface area contributed by atoms with Crippen LogP contribution in [0.4, 0.5) is 0 Å². The Hall–Kier alpha value is -0.300. The highest BCUT2D eigenvalue weighted by Crippen LogP contribution is 2.05. The number of hydrogen-bond donors (Lipinski definition) is 1. The van der Waals surface area contributed by atoms with Crippen molar-refractivity contribution in [2.24, 2.45) is 5.73 Å². The molecule has 0 aliphatic rings. The molecule has 0 aromatic carbocycles. The summed E-state index contributed by atoms with van der Waals surface area (Å²) in [7, 11) is 0. The molecule has 0 saturated carbocycles. The number of hydrogen-bond acceptors (Lipinski definition) is 1. The van der Waals surface area contributed by atoms with E-state index < -0.39 is 0 Å². The van der Waals surface area contributed by atoms with E-state index in [2.05, 4.69) is 13.5 Å². The fraction of sp³-hybridized carbons (Fsp3) is 0.800. The maximum Gasteiger partial charge on any atom is 0.00417 e. The van der Waals surface area contributed by atoms with Gasteiger partial charge in [0, 0.05) is 6.04 Å². The lowest BCUT2D eigenvalue weighted by atomic mass is 10.1. The Morgan fingerprint density at radius 2 is 2.09 bits per heavy atom. The number of rotatable bonds is 7. The molecule has 0 fully saturated rings. The van der Waals surface area contributed by atoms with E-state index in [1.807, 2.05) is 6.08 Å². The molecular weight excluding hydrogens is 134 g/mol. The zero-order chi connectivity index (χ0) is 8.53. The molecule has 0 spiro atoms. The highest BCUT2D eigenvalue weighted by atomic mass is 14.6. The molecule has 0 aromatic heterocycles. The van der Waals surface area contributed by atoms with E-state index in [4.69, 9.17) is 5.73 Å². The molecule has 0 unspecified atom stereocenters. The minimum Gasteiger partial charge on any atom is -0.328 e. The Morgan fingerprint density at radius 3 is 2.64 bits per heavy atom. The van der Waals surface area contributed by atoms with Crippen LogP contribution in [0, 0.1) is 0 Å². The Kier molecular flexibility index (Phi) is 7.59. The van der Waals surface area contributed by atoms with E-state index in [0.717, 1.165) is 12.8 Å². The van der Waals surface area contributed by atoms with Crippen molar-refractivity contribution in [3.05, 3.63) is 12.7 Å². The summed E-state index contributed by atoms with van der Waals surface area (Å²) in [4.78, 5) is 0. The summed E-state index contributed by atoms with van der Waals surface area (Å²) in [5.41, 5.74) is 5.85. The molecule has 0 aliphatic heterocycles. The van der Waals surface area contributed by atoms with Crippen molar-refractivity contribution in [3.8, 4) is 0 Å². The molecule has 0 rings (SSSR count). The average molecular weight is 155 g/mol. The second-order valence-corrected chi connectivity index (χ2v) is 3.12. The summed E-state index contributed by atoms with van der Waals surface area (Å²) in [5.74, 6) is 0. The van der Waals surface area contributed by atoms with E-state index in [1.165, 1.54) is 25.7 Å². The summed E-state index contributed by atoms with van der Waals surface area (Å²) in [6, 6.07) is 0.402. The van der Waals surface area contributed by atoms with Crippen molar-refractivity contribution >= 4 is 0 Å². The summed E-state index contributed by atoms with van der Waals surface area (Å²) in [6.07, 6.45) is 9.19. The summed E-state index contributed by atoms with van der Waals surface area (Å²) in [5, 5.41) is 0. The van der Waals surface area contributed by atoms with Gasteiger partial charge in [-0.05, 0) is 19.3 Å². The van der Waals surface area contributed by atoms with Gasteiger partial charge in [-0.15, -0.1) is 6.58 Å². The van der Waals surface area contributed by atoms with Gasteiger partial charge >= 0.3 is 0 Å². The molecule has 11 heavy (non-hydrogen) atoms. The lowest BCUT2D eigenvalue weighted by molar-refractivity contribution is 0.533. The van der Waals surface area contributed by atoms with E-state index in [0.29, 0.717) is 6.04 Å². The molecule has 0 aromatic rings. The molecule has 1 atom stereocenters. The lowest BCUT2D eigenvalue weighted by Gasteiger charge is -2.08.